The summed E-state index contributed by atoms with van der Waals surface area (Å²) < 4.78 is 10.9. The number of carbonyl (C=O) groups is 1. The van der Waals surface area contributed by atoms with Crippen molar-refractivity contribution >= 4 is 5.78 Å². The van der Waals surface area contributed by atoms with Gasteiger partial charge in [-0.05, 0) is 32.0 Å². The summed E-state index contributed by atoms with van der Waals surface area (Å²) in [7, 11) is 1.61. The Labute approximate surface area is 125 Å². The lowest BCUT2D eigenvalue weighted by atomic mass is 10.00. The number of hydrogen-bond donors (Lipinski definition) is 0. The Balaban J connectivity index is 2.29. The van der Waals surface area contributed by atoms with Gasteiger partial charge >= 0.3 is 0 Å². The minimum atomic E-state index is 0.0339. The molecule has 3 heteroatoms. The zero-order valence-corrected chi connectivity index (χ0v) is 12.7. The van der Waals surface area contributed by atoms with Gasteiger partial charge in [0.2, 0.25) is 0 Å². The summed E-state index contributed by atoms with van der Waals surface area (Å²) in [6.45, 7) is 4.42. The highest BCUT2D eigenvalue weighted by Crippen LogP contribution is 2.24. The Morgan fingerprint density at radius 3 is 2.57 bits per heavy atom. The zero-order valence-electron chi connectivity index (χ0n) is 12.7. The standard InChI is InChI=1S/C18H20O3/c1-4-21-18-10-9-13(2)11-15(18)16(19)12-14-7-5-6-8-17(14)20-3/h5-11H,4,12H2,1-3H3. The van der Waals surface area contributed by atoms with E-state index >= 15 is 0 Å². The smallest absolute Gasteiger partial charge is 0.171 e. The average molecular weight is 284 g/mol. The summed E-state index contributed by atoms with van der Waals surface area (Å²) in [5.41, 5.74) is 2.55. The van der Waals surface area contributed by atoms with Crippen LogP contribution in [0.15, 0.2) is 42.5 Å². The van der Waals surface area contributed by atoms with Crippen molar-refractivity contribution in [1.82, 2.24) is 0 Å². The van der Waals surface area contributed by atoms with E-state index in [0.29, 0.717) is 24.3 Å². The van der Waals surface area contributed by atoms with E-state index in [2.05, 4.69) is 0 Å². The van der Waals surface area contributed by atoms with E-state index in [0.717, 1.165) is 16.9 Å². The molecule has 2 aromatic rings. The Bertz CT molecular complexity index is 632. The van der Waals surface area contributed by atoms with Crippen molar-refractivity contribution in [2.75, 3.05) is 13.7 Å². The van der Waals surface area contributed by atoms with Crippen LogP contribution < -0.4 is 9.47 Å². The van der Waals surface area contributed by atoms with Crippen molar-refractivity contribution in [3.63, 3.8) is 0 Å². The first-order valence-electron chi connectivity index (χ1n) is 7.04. The summed E-state index contributed by atoms with van der Waals surface area (Å²) in [4.78, 5) is 12.6. The number of hydrogen-bond acceptors (Lipinski definition) is 3. The number of ketones is 1. The molecule has 0 aliphatic rings. The van der Waals surface area contributed by atoms with Crippen LogP contribution in [0.4, 0.5) is 0 Å². The molecule has 0 fully saturated rings. The van der Waals surface area contributed by atoms with Gasteiger partial charge in [0, 0.05) is 12.0 Å². The molecule has 21 heavy (non-hydrogen) atoms. The molecule has 0 atom stereocenters. The summed E-state index contributed by atoms with van der Waals surface area (Å²) in [6, 6.07) is 13.3. The fourth-order valence-corrected chi connectivity index (χ4v) is 2.26. The van der Waals surface area contributed by atoms with Crippen molar-refractivity contribution in [2.45, 2.75) is 20.3 Å². The fraction of sp³-hybridized carbons (Fsp3) is 0.278. The molecule has 0 amide bonds. The van der Waals surface area contributed by atoms with Crippen molar-refractivity contribution in [2.24, 2.45) is 0 Å². The lowest BCUT2D eigenvalue weighted by Gasteiger charge is -2.12. The van der Waals surface area contributed by atoms with E-state index in [9.17, 15) is 4.79 Å². The van der Waals surface area contributed by atoms with Crippen molar-refractivity contribution in [3.8, 4) is 11.5 Å². The van der Waals surface area contributed by atoms with Gasteiger partial charge in [-0.1, -0.05) is 29.8 Å². The molecule has 0 heterocycles. The largest absolute Gasteiger partial charge is 0.496 e. The van der Waals surface area contributed by atoms with Crippen LogP contribution in [0.1, 0.15) is 28.4 Å². The quantitative estimate of drug-likeness (QED) is 0.756. The predicted octanol–water partition coefficient (Wildman–Crippen LogP) is 3.83. The number of rotatable bonds is 6. The van der Waals surface area contributed by atoms with Gasteiger partial charge in [-0.3, -0.25) is 4.79 Å². The third-order valence-electron chi connectivity index (χ3n) is 3.28. The van der Waals surface area contributed by atoms with Crippen LogP contribution >= 0.6 is 0 Å². The van der Waals surface area contributed by atoms with E-state index in [-0.39, 0.29) is 5.78 Å². The molecule has 0 saturated carbocycles. The van der Waals surface area contributed by atoms with Gasteiger partial charge in [0.1, 0.15) is 11.5 Å². The second-order valence-electron chi connectivity index (χ2n) is 4.84. The third kappa shape index (κ3) is 3.63. The van der Waals surface area contributed by atoms with E-state index in [1.165, 1.54) is 0 Å². The third-order valence-corrected chi connectivity index (χ3v) is 3.28. The molecule has 0 spiro atoms. The average Bonchev–Trinajstić information content (AvgIpc) is 2.49. The van der Waals surface area contributed by atoms with Crippen LogP contribution in [0.25, 0.3) is 0 Å². The van der Waals surface area contributed by atoms with E-state index in [1.54, 1.807) is 7.11 Å². The molecular weight excluding hydrogens is 264 g/mol. The van der Waals surface area contributed by atoms with Crippen molar-refractivity contribution in [1.29, 1.82) is 0 Å². The van der Waals surface area contributed by atoms with Crippen LogP contribution in [-0.2, 0) is 6.42 Å². The first kappa shape index (κ1) is 15.1. The Morgan fingerprint density at radius 1 is 1.10 bits per heavy atom. The van der Waals surface area contributed by atoms with Crippen LogP contribution in [0.3, 0.4) is 0 Å². The molecule has 0 unspecified atom stereocenters. The molecule has 2 aromatic carbocycles. The summed E-state index contributed by atoms with van der Waals surface area (Å²) in [6.07, 6.45) is 0.299. The van der Waals surface area contributed by atoms with Gasteiger partial charge < -0.3 is 9.47 Å². The van der Waals surface area contributed by atoms with Crippen molar-refractivity contribution in [3.05, 3.63) is 59.2 Å². The van der Waals surface area contributed by atoms with Gasteiger partial charge in [-0.15, -0.1) is 0 Å². The van der Waals surface area contributed by atoms with Crippen LogP contribution in [0.5, 0.6) is 11.5 Å². The molecule has 0 radical (unpaired) electrons. The lowest BCUT2D eigenvalue weighted by molar-refractivity contribution is 0.0988. The molecule has 0 N–H and O–H groups in total. The molecule has 0 bridgehead atoms. The van der Waals surface area contributed by atoms with Gasteiger partial charge in [-0.25, -0.2) is 0 Å². The van der Waals surface area contributed by atoms with E-state index in [1.807, 2.05) is 56.3 Å². The minimum absolute atomic E-state index is 0.0339. The summed E-state index contributed by atoms with van der Waals surface area (Å²) in [5.74, 6) is 1.41. The Hall–Kier alpha value is -2.29. The van der Waals surface area contributed by atoms with Crippen molar-refractivity contribution < 1.29 is 14.3 Å². The molecule has 0 aromatic heterocycles. The van der Waals surface area contributed by atoms with Crippen LogP contribution in [0.2, 0.25) is 0 Å². The van der Waals surface area contributed by atoms with Gasteiger partial charge in [-0.2, -0.15) is 0 Å². The normalized spacial score (nSPS) is 10.2. The maximum atomic E-state index is 12.6. The molecular formula is C18H20O3. The minimum Gasteiger partial charge on any atom is -0.496 e. The molecule has 0 aliphatic heterocycles. The monoisotopic (exact) mass is 284 g/mol. The molecule has 0 aliphatic carbocycles. The highest BCUT2D eigenvalue weighted by Gasteiger charge is 2.15. The maximum Gasteiger partial charge on any atom is 0.171 e. The number of carbonyl (C=O) groups excluding carboxylic acids is 1. The molecule has 2 rings (SSSR count). The zero-order chi connectivity index (χ0) is 15.2. The number of para-hydroxylation sites is 1. The molecule has 0 saturated heterocycles. The molecule has 110 valence electrons. The first-order chi connectivity index (χ1) is 10.2. The Morgan fingerprint density at radius 2 is 1.86 bits per heavy atom. The van der Waals surface area contributed by atoms with Gasteiger partial charge in [0.25, 0.3) is 0 Å². The predicted molar refractivity (Wildman–Crippen MR) is 83.4 cm³/mol. The first-order valence-corrected chi connectivity index (χ1v) is 7.04. The topological polar surface area (TPSA) is 35.5 Å². The van der Waals surface area contributed by atoms with Crippen LogP contribution in [-0.4, -0.2) is 19.5 Å². The Kier molecular flexibility index (Phi) is 4.99. The van der Waals surface area contributed by atoms with Gasteiger partial charge in [0.15, 0.2) is 5.78 Å². The summed E-state index contributed by atoms with van der Waals surface area (Å²) >= 11 is 0. The molecule has 3 nitrogen and oxygen atoms in total. The maximum absolute atomic E-state index is 12.6. The summed E-state index contributed by atoms with van der Waals surface area (Å²) in [5, 5.41) is 0. The second kappa shape index (κ2) is 6.93. The number of benzene rings is 2. The highest BCUT2D eigenvalue weighted by atomic mass is 16.5. The lowest BCUT2D eigenvalue weighted by Crippen LogP contribution is -2.08. The number of Topliss-reactive ketones (excluding diaryl/α,β-unsaturated/α-hetero) is 1. The number of ether oxygens (including phenoxy) is 2. The number of methoxy groups -OCH3 is 1. The van der Waals surface area contributed by atoms with E-state index < -0.39 is 0 Å². The second-order valence-corrected chi connectivity index (χ2v) is 4.84. The number of aryl methyl sites for hydroxylation is 1. The van der Waals surface area contributed by atoms with Crippen LogP contribution in [0, 0.1) is 6.92 Å². The van der Waals surface area contributed by atoms with Gasteiger partial charge in [0.05, 0.1) is 19.3 Å². The van der Waals surface area contributed by atoms with E-state index in [4.69, 9.17) is 9.47 Å². The highest BCUT2D eigenvalue weighted by molar-refractivity contribution is 6.00. The SMILES string of the molecule is CCOc1ccc(C)cc1C(=O)Cc1ccccc1OC. The fourth-order valence-electron chi connectivity index (χ4n) is 2.26.